The smallest absolute Gasteiger partial charge is 0.270 e. The van der Waals surface area contributed by atoms with Crippen LogP contribution in [0.2, 0.25) is 0 Å². The lowest BCUT2D eigenvalue weighted by molar-refractivity contribution is 0.0187. The largest absolute Gasteiger partial charge is 0.497 e. The van der Waals surface area contributed by atoms with Gasteiger partial charge in [0, 0.05) is 56.2 Å². The molecule has 6 nitrogen and oxygen atoms in total. The fraction of sp³-hybridized carbons (Fsp3) is 0.526. The Morgan fingerprint density at radius 3 is 2.80 bits per heavy atom. The van der Waals surface area contributed by atoms with E-state index in [2.05, 4.69) is 21.8 Å². The molecule has 4 rings (SSSR count). The summed E-state index contributed by atoms with van der Waals surface area (Å²) in [6.45, 7) is 7.85. The van der Waals surface area contributed by atoms with Crippen molar-refractivity contribution in [3.63, 3.8) is 0 Å². The van der Waals surface area contributed by atoms with Gasteiger partial charge in [0.15, 0.2) is 0 Å². The minimum Gasteiger partial charge on any atom is -0.497 e. The summed E-state index contributed by atoms with van der Waals surface area (Å²) in [6, 6.07) is 6.34. The van der Waals surface area contributed by atoms with E-state index in [1.807, 2.05) is 30.0 Å². The number of carbonyl (C=O) groups is 1. The summed E-state index contributed by atoms with van der Waals surface area (Å²) in [4.78, 5) is 23.3. The van der Waals surface area contributed by atoms with E-state index in [9.17, 15) is 4.79 Å². The Morgan fingerprint density at radius 1 is 1.20 bits per heavy atom. The Balaban J connectivity index is 1.58. The first-order valence-corrected chi connectivity index (χ1v) is 8.95. The molecule has 0 saturated carbocycles. The molecule has 6 heteroatoms. The van der Waals surface area contributed by atoms with Crippen LogP contribution in [0.25, 0.3) is 10.9 Å². The third kappa shape index (κ3) is 2.89. The highest BCUT2D eigenvalue weighted by atomic mass is 16.5. The quantitative estimate of drug-likeness (QED) is 0.900. The second-order valence-electron chi connectivity index (χ2n) is 7.24. The Hall–Kier alpha value is -2.05. The van der Waals surface area contributed by atoms with Crippen molar-refractivity contribution in [2.45, 2.75) is 13.0 Å². The van der Waals surface area contributed by atoms with Gasteiger partial charge in [0.2, 0.25) is 0 Å². The minimum atomic E-state index is 0.112. The van der Waals surface area contributed by atoms with Crippen molar-refractivity contribution in [2.24, 2.45) is 0 Å². The van der Waals surface area contributed by atoms with Gasteiger partial charge in [0.1, 0.15) is 11.4 Å². The van der Waals surface area contributed by atoms with E-state index in [1.165, 1.54) is 0 Å². The molecule has 1 aromatic carbocycles. The molecule has 1 amide bonds. The van der Waals surface area contributed by atoms with E-state index in [4.69, 9.17) is 4.74 Å². The Bertz CT molecular complexity index is 800. The summed E-state index contributed by atoms with van der Waals surface area (Å²) in [5.74, 6) is 0.924. The van der Waals surface area contributed by atoms with Crippen LogP contribution in [0.1, 0.15) is 16.1 Å². The first-order valence-electron chi connectivity index (χ1n) is 8.95. The SMILES string of the molecule is COc1ccc2[nH]c(C(=O)N3CCN4CCN(C)CC4C3)c(C)c2c1. The molecule has 25 heavy (non-hydrogen) atoms. The monoisotopic (exact) mass is 342 g/mol. The highest BCUT2D eigenvalue weighted by molar-refractivity contribution is 6.01. The Kier molecular flexibility index (Phi) is 4.17. The summed E-state index contributed by atoms with van der Waals surface area (Å²) in [5.41, 5.74) is 2.70. The molecule has 1 N–H and O–H groups in total. The number of benzene rings is 1. The van der Waals surface area contributed by atoms with Crippen molar-refractivity contribution in [1.82, 2.24) is 19.7 Å². The molecule has 2 fully saturated rings. The van der Waals surface area contributed by atoms with Crippen molar-refractivity contribution in [2.75, 3.05) is 53.4 Å². The number of carbonyl (C=O) groups excluding carboxylic acids is 1. The zero-order chi connectivity index (χ0) is 17.6. The summed E-state index contributed by atoms with van der Waals surface area (Å²) >= 11 is 0. The first-order chi connectivity index (χ1) is 12.1. The maximum atomic E-state index is 13.1. The standard InChI is InChI=1S/C19H26N4O2/c1-13-16-10-15(25-3)4-5-17(16)20-18(13)19(24)23-9-8-22-7-6-21(2)11-14(22)12-23/h4-5,10,14,20H,6-9,11-12H2,1-3H3. The van der Waals surface area contributed by atoms with Crippen molar-refractivity contribution in [1.29, 1.82) is 0 Å². The van der Waals surface area contributed by atoms with Gasteiger partial charge in [-0.2, -0.15) is 0 Å². The number of nitrogens with one attached hydrogen (secondary N) is 1. The molecule has 2 aliphatic rings. The Labute approximate surface area is 148 Å². The van der Waals surface area contributed by atoms with Crippen LogP contribution in [0.4, 0.5) is 0 Å². The number of nitrogens with zero attached hydrogens (tertiary/aromatic N) is 3. The van der Waals surface area contributed by atoms with Gasteiger partial charge in [-0.1, -0.05) is 0 Å². The van der Waals surface area contributed by atoms with Crippen LogP contribution in [-0.2, 0) is 0 Å². The number of hydrogen-bond acceptors (Lipinski definition) is 4. The lowest BCUT2D eigenvalue weighted by atomic mass is 10.1. The molecule has 0 bridgehead atoms. The van der Waals surface area contributed by atoms with Crippen molar-refractivity contribution in [3.8, 4) is 5.75 Å². The van der Waals surface area contributed by atoms with Crippen LogP contribution in [0.3, 0.4) is 0 Å². The molecule has 2 saturated heterocycles. The van der Waals surface area contributed by atoms with E-state index in [0.29, 0.717) is 11.7 Å². The predicted octanol–water partition coefficient (Wildman–Crippen LogP) is 1.56. The lowest BCUT2D eigenvalue weighted by Crippen LogP contribution is -2.62. The summed E-state index contributed by atoms with van der Waals surface area (Å²) < 4.78 is 5.31. The number of H-pyrrole nitrogens is 1. The average molecular weight is 342 g/mol. The first kappa shape index (κ1) is 16.4. The van der Waals surface area contributed by atoms with Crippen LogP contribution in [0.15, 0.2) is 18.2 Å². The zero-order valence-electron chi connectivity index (χ0n) is 15.2. The number of hydrogen-bond donors (Lipinski definition) is 1. The number of piperazine rings is 2. The van der Waals surface area contributed by atoms with Crippen LogP contribution in [-0.4, -0.2) is 85.1 Å². The number of rotatable bonds is 2. The second-order valence-corrected chi connectivity index (χ2v) is 7.24. The number of methoxy groups -OCH3 is 1. The van der Waals surface area contributed by atoms with E-state index < -0.39 is 0 Å². The normalized spacial score (nSPS) is 22.2. The van der Waals surface area contributed by atoms with Gasteiger partial charge in [-0.05, 0) is 37.7 Å². The van der Waals surface area contributed by atoms with Crippen molar-refractivity contribution < 1.29 is 9.53 Å². The van der Waals surface area contributed by atoms with E-state index in [1.54, 1.807) is 7.11 Å². The fourth-order valence-electron chi connectivity index (χ4n) is 4.10. The van der Waals surface area contributed by atoms with Gasteiger partial charge in [0.25, 0.3) is 5.91 Å². The highest BCUT2D eigenvalue weighted by Gasteiger charge is 2.33. The number of aryl methyl sites for hydroxylation is 1. The van der Waals surface area contributed by atoms with Crippen LogP contribution < -0.4 is 4.74 Å². The minimum absolute atomic E-state index is 0.112. The van der Waals surface area contributed by atoms with E-state index in [-0.39, 0.29) is 5.91 Å². The zero-order valence-corrected chi connectivity index (χ0v) is 15.2. The third-order valence-electron chi connectivity index (χ3n) is 5.66. The molecule has 1 aromatic heterocycles. The predicted molar refractivity (Wildman–Crippen MR) is 98.3 cm³/mol. The summed E-state index contributed by atoms with van der Waals surface area (Å²) in [7, 11) is 3.82. The maximum absolute atomic E-state index is 13.1. The fourth-order valence-corrected chi connectivity index (χ4v) is 4.10. The Morgan fingerprint density at radius 2 is 2.00 bits per heavy atom. The molecule has 2 aliphatic heterocycles. The number of likely N-dealkylation sites (N-methyl/N-ethyl adjacent to an activating group) is 1. The molecular formula is C19H26N4O2. The number of fused-ring (bicyclic) bond motifs is 2. The second kappa shape index (κ2) is 6.35. The third-order valence-corrected chi connectivity index (χ3v) is 5.66. The molecule has 3 heterocycles. The number of amides is 1. The molecule has 0 radical (unpaired) electrons. The summed E-state index contributed by atoms with van der Waals surface area (Å²) in [5, 5.41) is 1.05. The van der Waals surface area contributed by atoms with Gasteiger partial charge in [0.05, 0.1) is 7.11 Å². The molecular weight excluding hydrogens is 316 g/mol. The molecule has 0 aliphatic carbocycles. The maximum Gasteiger partial charge on any atom is 0.270 e. The molecule has 134 valence electrons. The van der Waals surface area contributed by atoms with Crippen LogP contribution >= 0.6 is 0 Å². The molecule has 1 atom stereocenters. The molecule has 2 aromatic rings. The number of aromatic amines is 1. The van der Waals surface area contributed by atoms with Gasteiger partial charge < -0.3 is 19.5 Å². The van der Waals surface area contributed by atoms with Gasteiger partial charge >= 0.3 is 0 Å². The molecule has 0 spiro atoms. The summed E-state index contributed by atoms with van der Waals surface area (Å²) in [6.07, 6.45) is 0. The van der Waals surface area contributed by atoms with Gasteiger partial charge in [-0.3, -0.25) is 9.69 Å². The highest BCUT2D eigenvalue weighted by Crippen LogP contribution is 2.27. The van der Waals surface area contributed by atoms with Gasteiger partial charge in [-0.25, -0.2) is 0 Å². The van der Waals surface area contributed by atoms with Crippen molar-refractivity contribution >= 4 is 16.8 Å². The topological polar surface area (TPSA) is 51.8 Å². The number of ether oxygens (including phenoxy) is 1. The van der Waals surface area contributed by atoms with Crippen LogP contribution in [0.5, 0.6) is 5.75 Å². The van der Waals surface area contributed by atoms with E-state index >= 15 is 0 Å². The average Bonchev–Trinajstić information content (AvgIpc) is 2.96. The lowest BCUT2D eigenvalue weighted by Gasteiger charge is -2.46. The molecule has 1 unspecified atom stereocenters. The number of aromatic nitrogens is 1. The van der Waals surface area contributed by atoms with Crippen molar-refractivity contribution in [3.05, 3.63) is 29.5 Å². The van der Waals surface area contributed by atoms with E-state index in [0.717, 1.165) is 61.5 Å². The van der Waals surface area contributed by atoms with Gasteiger partial charge in [-0.15, -0.1) is 0 Å². The van der Waals surface area contributed by atoms with Crippen LogP contribution in [0, 0.1) is 6.92 Å².